The van der Waals surface area contributed by atoms with Crippen molar-refractivity contribution in [2.45, 2.75) is 20.3 Å². The SMILES string of the molecule is C=C1c2ccccc2CC1C(C)C. The van der Waals surface area contributed by atoms with Gasteiger partial charge < -0.3 is 0 Å². The highest BCUT2D eigenvalue weighted by molar-refractivity contribution is 5.72. The van der Waals surface area contributed by atoms with E-state index in [1.165, 1.54) is 23.1 Å². The van der Waals surface area contributed by atoms with Crippen molar-refractivity contribution in [1.82, 2.24) is 0 Å². The Bertz CT molecular complexity index is 334. The van der Waals surface area contributed by atoms with Gasteiger partial charge in [-0.1, -0.05) is 44.7 Å². The number of fused-ring (bicyclic) bond motifs is 1. The molecule has 13 heavy (non-hydrogen) atoms. The largest absolute Gasteiger partial charge is 0.0949 e. The summed E-state index contributed by atoms with van der Waals surface area (Å²) in [5.41, 5.74) is 4.21. The van der Waals surface area contributed by atoms with Crippen LogP contribution in [0.25, 0.3) is 5.57 Å². The van der Waals surface area contributed by atoms with Crippen LogP contribution in [0.5, 0.6) is 0 Å². The molecule has 0 nitrogen and oxygen atoms in total. The van der Waals surface area contributed by atoms with Crippen molar-refractivity contribution in [2.75, 3.05) is 0 Å². The van der Waals surface area contributed by atoms with E-state index in [0.717, 1.165) is 0 Å². The van der Waals surface area contributed by atoms with Gasteiger partial charge in [-0.2, -0.15) is 0 Å². The van der Waals surface area contributed by atoms with Gasteiger partial charge in [0.1, 0.15) is 0 Å². The Morgan fingerprint density at radius 1 is 1.31 bits per heavy atom. The smallest absolute Gasteiger partial charge is 0.00980 e. The first kappa shape index (κ1) is 8.55. The molecule has 1 aliphatic carbocycles. The zero-order valence-electron chi connectivity index (χ0n) is 8.38. The summed E-state index contributed by atoms with van der Waals surface area (Å²) in [6.45, 7) is 8.76. The van der Waals surface area contributed by atoms with Gasteiger partial charge in [-0.15, -0.1) is 0 Å². The minimum Gasteiger partial charge on any atom is -0.0949 e. The predicted molar refractivity (Wildman–Crippen MR) is 57.5 cm³/mol. The summed E-state index contributed by atoms with van der Waals surface area (Å²) < 4.78 is 0. The van der Waals surface area contributed by atoms with Crippen LogP contribution < -0.4 is 0 Å². The van der Waals surface area contributed by atoms with Crippen LogP contribution in [0, 0.1) is 11.8 Å². The van der Waals surface area contributed by atoms with Gasteiger partial charge in [0.15, 0.2) is 0 Å². The Labute approximate surface area is 80.3 Å². The topological polar surface area (TPSA) is 0 Å². The predicted octanol–water partition coefficient (Wildman–Crippen LogP) is 3.53. The third kappa shape index (κ3) is 1.31. The second kappa shape index (κ2) is 3.02. The van der Waals surface area contributed by atoms with Crippen molar-refractivity contribution in [3.63, 3.8) is 0 Å². The van der Waals surface area contributed by atoms with Gasteiger partial charge in [0, 0.05) is 0 Å². The lowest BCUT2D eigenvalue weighted by Gasteiger charge is -2.14. The zero-order chi connectivity index (χ0) is 9.42. The molecule has 1 aromatic carbocycles. The van der Waals surface area contributed by atoms with Crippen LogP contribution in [0.4, 0.5) is 0 Å². The summed E-state index contributed by atoms with van der Waals surface area (Å²) in [4.78, 5) is 0. The van der Waals surface area contributed by atoms with E-state index in [9.17, 15) is 0 Å². The van der Waals surface area contributed by atoms with Crippen LogP contribution in [0.3, 0.4) is 0 Å². The summed E-state index contributed by atoms with van der Waals surface area (Å²) in [7, 11) is 0. The maximum absolute atomic E-state index is 4.20. The summed E-state index contributed by atoms with van der Waals surface area (Å²) in [5.74, 6) is 1.37. The van der Waals surface area contributed by atoms with Crippen LogP contribution in [0.1, 0.15) is 25.0 Å². The summed E-state index contributed by atoms with van der Waals surface area (Å²) in [6.07, 6.45) is 1.19. The monoisotopic (exact) mass is 172 g/mol. The van der Waals surface area contributed by atoms with Crippen molar-refractivity contribution < 1.29 is 0 Å². The summed E-state index contributed by atoms with van der Waals surface area (Å²) in [6, 6.07) is 8.64. The van der Waals surface area contributed by atoms with Gasteiger partial charge in [-0.25, -0.2) is 0 Å². The van der Waals surface area contributed by atoms with E-state index in [2.05, 4.69) is 44.7 Å². The molecule has 1 atom stereocenters. The van der Waals surface area contributed by atoms with Crippen LogP contribution in [0.15, 0.2) is 30.8 Å². The molecule has 0 aromatic heterocycles. The quantitative estimate of drug-likeness (QED) is 0.608. The molecule has 0 saturated heterocycles. The molecule has 0 aliphatic heterocycles. The second-order valence-corrected chi connectivity index (χ2v) is 4.24. The van der Waals surface area contributed by atoms with Crippen molar-refractivity contribution in [2.24, 2.45) is 11.8 Å². The molecule has 1 aliphatic rings. The van der Waals surface area contributed by atoms with Crippen LogP contribution in [0.2, 0.25) is 0 Å². The fourth-order valence-corrected chi connectivity index (χ4v) is 2.21. The van der Waals surface area contributed by atoms with Crippen molar-refractivity contribution in [3.05, 3.63) is 42.0 Å². The van der Waals surface area contributed by atoms with Crippen molar-refractivity contribution in [3.8, 4) is 0 Å². The molecule has 0 spiro atoms. The molecule has 1 unspecified atom stereocenters. The van der Waals surface area contributed by atoms with E-state index in [0.29, 0.717) is 11.8 Å². The first-order chi connectivity index (χ1) is 6.20. The van der Waals surface area contributed by atoms with Crippen LogP contribution >= 0.6 is 0 Å². The average Bonchev–Trinajstić information content (AvgIpc) is 2.45. The van der Waals surface area contributed by atoms with Gasteiger partial charge >= 0.3 is 0 Å². The van der Waals surface area contributed by atoms with Gasteiger partial charge in [-0.3, -0.25) is 0 Å². The zero-order valence-corrected chi connectivity index (χ0v) is 8.38. The van der Waals surface area contributed by atoms with E-state index in [4.69, 9.17) is 0 Å². The molecule has 0 bridgehead atoms. The molecule has 0 saturated carbocycles. The van der Waals surface area contributed by atoms with Gasteiger partial charge in [0.2, 0.25) is 0 Å². The highest BCUT2D eigenvalue weighted by Crippen LogP contribution is 2.39. The van der Waals surface area contributed by atoms with E-state index in [1.54, 1.807) is 0 Å². The minimum absolute atomic E-state index is 0.664. The Balaban J connectivity index is 2.38. The number of allylic oxidation sites excluding steroid dienone is 1. The van der Waals surface area contributed by atoms with Gasteiger partial charge in [0.05, 0.1) is 0 Å². The molecule has 2 rings (SSSR count). The molecule has 0 heterocycles. The molecule has 0 amide bonds. The fourth-order valence-electron chi connectivity index (χ4n) is 2.21. The first-order valence-corrected chi connectivity index (χ1v) is 4.97. The molecular formula is C13H16. The van der Waals surface area contributed by atoms with E-state index in [-0.39, 0.29) is 0 Å². The van der Waals surface area contributed by atoms with Gasteiger partial charge in [0.25, 0.3) is 0 Å². The third-order valence-electron chi connectivity index (χ3n) is 3.06. The summed E-state index contributed by atoms with van der Waals surface area (Å²) >= 11 is 0. The molecule has 0 heteroatoms. The molecule has 0 fully saturated rings. The number of benzene rings is 1. The fraction of sp³-hybridized carbons (Fsp3) is 0.385. The van der Waals surface area contributed by atoms with Crippen molar-refractivity contribution >= 4 is 5.57 Å². The number of hydrogen-bond acceptors (Lipinski definition) is 0. The minimum atomic E-state index is 0.664. The van der Waals surface area contributed by atoms with Crippen LogP contribution in [-0.4, -0.2) is 0 Å². The lowest BCUT2D eigenvalue weighted by atomic mass is 9.90. The Morgan fingerprint density at radius 2 is 2.00 bits per heavy atom. The normalized spacial score (nSPS) is 20.8. The molecule has 68 valence electrons. The van der Waals surface area contributed by atoms with E-state index < -0.39 is 0 Å². The molecule has 1 aromatic rings. The molecule has 0 radical (unpaired) electrons. The second-order valence-electron chi connectivity index (χ2n) is 4.24. The third-order valence-corrected chi connectivity index (χ3v) is 3.06. The highest BCUT2D eigenvalue weighted by Gasteiger charge is 2.26. The number of rotatable bonds is 1. The van der Waals surface area contributed by atoms with Crippen molar-refractivity contribution in [1.29, 1.82) is 0 Å². The molecule has 0 N–H and O–H groups in total. The first-order valence-electron chi connectivity index (χ1n) is 4.97. The maximum atomic E-state index is 4.20. The Kier molecular flexibility index (Phi) is 1.99. The van der Waals surface area contributed by atoms with Gasteiger partial charge in [-0.05, 0) is 35.0 Å². The average molecular weight is 172 g/mol. The highest BCUT2D eigenvalue weighted by atomic mass is 14.3. The van der Waals surface area contributed by atoms with E-state index >= 15 is 0 Å². The van der Waals surface area contributed by atoms with Crippen LogP contribution in [-0.2, 0) is 6.42 Å². The molecular weight excluding hydrogens is 156 g/mol. The Morgan fingerprint density at radius 3 is 2.62 bits per heavy atom. The summed E-state index contributed by atoms with van der Waals surface area (Å²) in [5, 5.41) is 0. The maximum Gasteiger partial charge on any atom is -0.00980 e. The Hall–Kier alpha value is -1.04. The van der Waals surface area contributed by atoms with E-state index in [1.807, 2.05) is 0 Å². The lowest BCUT2D eigenvalue weighted by molar-refractivity contribution is 0.491. The number of hydrogen-bond donors (Lipinski definition) is 0. The lowest BCUT2D eigenvalue weighted by Crippen LogP contribution is -2.06. The standard InChI is InChI=1S/C13H16/c1-9(2)13-8-11-6-4-5-7-12(11)10(13)3/h4-7,9,13H,3,8H2,1-2H3.